The molecule has 0 bridgehead atoms. The first kappa shape index (κ1) is 15.5. The SMILES string of the molecule is O=P(Nn1cnnc1)(c1ccc(Br)cc1)c1ccc(Br)cc1. The lowest BCUT2D eigenvalue weighted by Crippen LogP contribution is -2.26. The number of rotatable bonds is 4. The van der Waals surface area contributed by atoms with Crippen molar-refractivity contribution >= 4 is 49.8 Å². The summed E-state index contributed by atoms with van der Waals surface area (Å²) in [6.45, 7) is 0. The molecule has 0 aliphatic carbocycles. The Labute approximate surface area is 144 Å². The Morgan fingerprint density at radius 3 is 1.64 bits per heavy atom. The van der Waals surface area contributed by atoms with E-state index in [4.69, 9.17) is 0 Å². The highest BCUT2D eigenvalue weighted by Crippen LogP contribution is 2.40. The summed E-state index contributed by atoms with van der Waals surface area (Å²) in [6.07, 6.45) is 2.95. The van der Waals surface area contributed by atoms with Gasteiger partial charge in [0, 0.05) is 19.6 Å². The molecular formula is C14H11Br2N4OP. The molecule has 0 aliphatic heterocycles. The molecule has 0 atom stereocenters. The number of hydrogen-bond acceptors (Lipinski definition) is 3. The molecule has 8 heteroatoms. The zero-order chi connectivity index (χ0) is 15.6. The Kier molecular flexibility index (Phi) is 4.47. The van der Waals surface area contributed by atoms with Gasteiger partial charge in [-0.2, -0.15) is 0 Å². The van der Waals surface area contributed by atoms with Crippen molar-refractivity contribution in [1.29, 1.82) is 0 Å². The van der Waals surface area contributed by atoms with E-state index in [0.717, 1.165) is 8.95 Å². The zero-order valence-corrected chi connectivity index (χ0v) is 15.3. The largest absolute Gasteiger partial charge is 0.289 e. The normalized spacial score (nSPS) is 11.4. The van der Waals surface area contributed by atoms with E-state index in [9.17, 15) is 4.57 Å². The number of halogens is 2. The van der Waals surface area contributed by atoms with Gasteiger partial charge in [0.1, 0.15) is 12.7 Å². The molecule has 0 radical (unpaired) electrons. The molecule has 1 heterocycles. The molecule has 2 aromatic carbocycles. The second-order valence-electron chi connectivity index (χ2n) is 4.53. The Morgan fingerprint density at radius 2 is 1.23 bits per heavy atom. The summed E-state index contributed by atoms with van der Waals surface area (Å²) in [5.41, 5.74) is 0. The number of nitrogens with zero attached hydrogens (tertiary/aromatic N) is 3. The molecule has 0 saturated heterocycles. The van der Waals surface area contributed by atoms with Gasteiger partial charge in [0.05, 0.1) is 0 Å². The molecule has 1 N–H and O–H groups in total. The molecule has 0 aliphatic rings. The first-order chi connectivity index (χ1) is 10.6. The molecule has 3 aromatic rings. The minimum absolute atomic E-state index is 0.701. The van der Waals surface area contributed by atoms with Crippen LogP contribution in [0.4, 0.5) is 0 Å². The van der Waals surface area contributed by atoms with Crippen molar-refractivity contribution in [1.82, 2.24) is 14.9 Å². The smallest absolute Gasteiger partial charge is 0.240 e. The molecule has 3 rings (SSSR count). The first-order valence-corrected chi connectivity index (χ1v) is 9.62. The molecule has 0 fully saturated rings. The minimum Gasteiger partial charge on any atom is -0.289 e. The standard InChI is InChI=1S/C14H11Br2N4OP/c15-11-1-5-13(6-2-11)22(21,19-20-9-17-18-10-20)14-7-3-12(16)4-8-14/h1-10H,(H,19,21). The van der Waals surface area contributed by atoms with Gasteiger partial charge in [-0.15, -0.1) is 10.2 Å². The Bertz CT molecular complexity index is 754. The lowest BCUT2D eigenvalue weighted by Gasteiger charge is -2.21. The lowest BCUT2D eigenvalue weighted by molar-refractivity contribution is 0.586. The fourth-order valence-corrected chi connectivity index (χ4v) is 4.61. The Balaban J connectivity index is 2.10. The minimum atomic E-state index is -3.06. The molecule has 112 valence electrons. The first-order valence-electron chi connectivity index (χ1n) is 6.33. The lowest BCUT2D eigenvalue weighted by atomic mass is 10.4. The summed E-state index contributed by atoms with van der Waals surface area (Å²) in [5.74, 6) is 0. The maximum Gasteiger partial charge on any atom is 0.240 e. The van der Waals surface area contributed by atoms with Crippen LogP contribution in [-0.2, 0) is 4.57 Å². The maximum atomic E-state index is 13.7. The predicted molar refractivity (Wildman–Crippen MR) is 94.5 cm³/mol. The predicted octanol–water partition coefficient (Wildman–Crippen LogP) is 3.28. The highest BCUT2D eigenvalue weighted by molar-refractivity contribution is 9.10. The fourth-order valence-electron chi connectivity index (χ4n) is 1.98. The highest BCUT2D eigenvalue weighted by atomic mass is 79.9. The third-order valence-corrected chi connectivity index (χ3v) is 6.68. The Morgan fingerprint density at radius 1 is 0.818 bits per heavy atom. The van der Waals surface area contributed by atoms with Gasteiger partial charge in [-0.05, 0) is 48.5 Å². The quantitative estimate of drug-likeness (QED) is 0.631. The van der Waals surface area contributed by atoms with Crippen molar-refractivity contribution in [2.75, 3.05) is 5.20 Å². The van der Waals surface area contributed by atoms with E-state index in [1.54, 1.807) is 0 Å². The van der Waals surface area contributed by atoms with E-state index in [0.29, 0.717) is 10.6 Å². The van der Waals surface area contributed by atoms with Crippen LogP contribution in [0.5, 0.6) is 0 Å². The fraction of sp³-hybridized carbons (Fsp3) is 0. The van der Waals surface area contributed by atoms with Crippen LogP contribution in [0.25, 0.3) is 0 Å². The zero-order valence-electron chi connectivity index (χ0n) is 11.2. The third-order valence-electron chi connectivity index (χ3n) is 3.06. The van der Waals surface area contributed by atoms with Gasteiger partial charge >= 0.3 is 0 Å². The van der Waals surface area contributed by atoms with E-state index < -0.39 is 7.29 Å². The molecule has 22 heavy (non-hydrogen) atoms. The van der Waals surface area contributed by atoms with E-state index in [2.05, 4.69) is 47.3 Å². The van der Waals surface area contributed by atoms with E-state index in [-0.39, 0.29) is 0 Å². The average Bonchev–Trinajstić information content (AvgIpc) is 3.01. The summed E-state index contributed by atoms with van der Waals surface area (Å²) in [5, 5.41) is 11.9. The molecular weight excluding hydrogens is 431 g/mol. The van der Waals surface area contributed by atoms with Crippen LogP contribution in [0, 0.1) is 0 Å². The van der Waals surface area contributed by atoms with E-state index in [1.807, 2.05) is 48.5 Å². The van der Waals surface area contributed by atoms with Gasteiger partial charge < -0.3 is 0 Å². The molecule has 5 nitrogen and oxygen atoms in total. The van der Waals surface area contributed by atoms with Crippen molar-refractivity contribution < 1.29 is 4.57 Å². The molecule has 0 amide bonds. The number of benzene rings is 2. The number of hydrogen-bond donors (Lipinski definition) is 1. The summed E-state index contributed by atoms with van der Waals surface area (Å²) >= 11 is 6.79. The summed E-state index contributed by atoms with van der Waals surface area (Å²) in [7, 11) is -3.06. The van der Waals surface area contributed by atoms with Crippen LogP contribution in [0.2, 0.25) is 0 Å². The molecule has 0 spiro atoms. The van der Waals surface area contributed by atoms with Crippen molar-refractivity contribution in [3.05, 3.63) is 70.1 Å². The number of aromatic nitrogens is 3. The molecule has 1 aromatic heterocycles. The van der Waals surface area contributed by atoms with Crippen molar-refractivity contribution in [3.8, 4) is 0 Å². The topological polar surface area (TPSA) is 59.8 Å². The molecule has 0 unspecified atom stereocenters. The van der Waals surface area contributed by atoms with Gasteiger partial charge in [0.2, 0.25) is 7.29 Å². The number of nitrogens with one attached hydrogen (secondary N) is 1. The van der Waals surface area contributed by atoms with Crippen LogP contribution in [0.1, 0.15) is 0 Å². The van der Waals surface area contributed by atoms with Crippen LogP contribution in [-0.4, -0.2) is 14.9 Å². The highest BCUT2D eigenvalue weighted by Gasteiger charge is 2.27. The van der Waals surface area contributed by atoms with Gasteiger partial charge in [-0.1, -0.05) is 31.9 Å². The van der Waals surface area contributed by atoms with E-state index >= 15 is 0 Å². The Hall–Kier alpha value is -1.43. The summed E-state index contributed by atoms with van der Waals surface area (Å²) < 4.78 is 17.1. The van der Waals surface area contributed by atoms with Gasteiger partial charge in [-0.3, -0.25) is 9.76 Å². The summed E-state index contributed by atoms with van der Waals surface area (Å²) in [6, 6.07) is 14.8. The second kappa shape index (κ2) is 6.36. The third kappa shape index (κ3) is 3.16. The second-order valence-corrected chi connectivity index (χ2v) is 8.81. The van der Waals surface area contributed by atoms with Gasteiger partial charge in [0.25, 0.3) is 0 Å². The van der Waals surface area contributed by atoms with E-state index in [1.165, 1.54) is 17.3 Å². The van der Waals surface area contributed by atoms with Crippen molar-refractivity contribution in [3.63, 3.8) is 0 Å². The monoisotopic (exact) mass is 440 g/mol. The molecule has 0 saturated carbocycles. The average molecular weight is 442 g/mol. The van der Waals surface area contributed by atoms with Crippen molar-refractivity contribution in [2.24, 2.45) is 0 Å². The van der Waals surface area contributed by atoms with Crippen molar-refractivity contribution in [2.45, 2.75) is 0 Å². The van der Waals surface area contributed by atoms with Crippen LogP contribution >= 0.6 is 39.2 Å². The van der Waals surface area contributed by atoms with Crippen LogP contribution < -0.4 is 15.8 Å². The van der Waals surface area contributed by atoms with Crippen LogP contribution in [0.3, 0.4) is 0 Å². The maximum absolute atomic E-state index is 13.7. The van der Waals surface area contributed by atoms with Gasteiger partial charge in [0.15, 0.2) is 0 Å². The van der Waals surface area contributed by atoms with Crippen LogP contribution in [0.15, 0.2) is 70.1 Å². The summed E-state index contributed by atoms with van der Waals surface area (Å²) in [4.78, 5) is 0. The van der Waals surface area contributed by atoms with Gasteiger partial charge in [-0.25, -0.2) is 4.68 Å².